The maximum Gasteiger partial charge on any atom is 0.0178 e. The van der Waals surface area contributed by atoms with E-state index in [0.717, 1.165) is 17.4 Å². The molecule has 0 saturated heterocycles. The van der Waals surface area contributed by atoms with Gasteiger partial charge in [0.05, 0.1) is 0 Å². The summed E-state index contributed by atoms with van der Waals surface area (Å²) in [6.45, 7) is 3.19. The topological polar surface area (TPSA) is 12.0 Å². The zero-order valence-electron chi connectivity index (χ0n) is 8.68. The number of rotatable bonds is 3. The summed E-state index contributed by atoms with van der Waals surface area (Å²) in [5, 5.41) is 3.15. The van der Waals surface area contributed by atoms with Crippen molar-refractivity contribution in [3.05, 3.63) is 33.8 Å². The van der Waals surface area contributed by atoms with Crippen molar-refractivity contribution in [1.82, 2.24) is 5.32 Å². The van der Waals surface area contributed by atoms with Crippen molar-refractivity contribution in [3.8, 4) is 12.8 Å². The van der Waals surface area contributed by atoms with E-state index in [1.54, 1.807) is 0 Å². The highest BCUT2D eigenvalue weighted by atomic mass is 79.9. The zero-order chi connectivity index (χ0) is 11.0. The van der Waals surface area contributed by atoms with Gasteiger partial charge < -0.3 is 5.32 Å². The second-order valence-electron chi connectivity index (χ2n) is 2.92. The van der Waals surface area contributed by atoms with Crippen molar-refractivity contribution in [2.75, 3.05) is 13.6 Å². The van der Waals surface area contributed by atoms with Crippen molar-refractivity contribution >= 4 is 15.9 Å². The van der Waals surface area contributed by atoms with Gasteiger partial charge in [-0.15, -0.1) is 12.8 Å². The molecule has 1 nitrogen and oxygen atoms in total. The van der Waals surface area contributed by atoms with Crippen LogP contribution < -0.4 is 5.32 Å². The van der Waals surface area contributed by atoms with Crippen LogP contribution in [0.2, 0.25) is 0 Å². The zero-order valence-corrected chi connectivity index (χ0v) is 10.3. The van der Waals surface area contributed by atoms with Gasteiger partial charge in [-0.25, -0.2) is 0 Å². The predicted molar refractivity (Wildman–Crippen MR) is 66.4 cm³/mol. The molecule has 2 heteroatoms. The highest BCUT2D eigenvalue weighted by Gasteiger charge is 1.97. The Hall–Kier alpha value is -0.780. The van der Waals surface area contributed by atoms with Crippen LogP contribution in [0.4, 0.5) is 0 Å². The van der Waals surface area contributed by atoms with Gasteiger partial charge in [0, 0.05) is 4.47 Å². The average molecular weight is 254 g/mol. The van der Waals surface area contributed by atoms with E-state index < -0.39 is 0 Å². The summed E-state index contributed by atoms with van der Waals surface area (Å²) in [5.41, 5.74) is 2.78. The molecule has 1 rings (SSSR count). The first-order chi connectivity index (χ1) is 6.74. The molecule has 0 aliphatic heterocycles. The molecule has 14 heavy (non-hydrogen) atoms. The van der Waals surface area contributed by atoms with E-state index in [2.05, 4.69) is 59.2 Å². The monoisotopic (exact) mass is 253 g/mol. The Morgan fingerprint density at radius 3 is 2.50 bits per heavy atom. The number of likely N-dealkylation sites (N-methyl/N-ethyl adjacent to an activating group) is 1. The molecule has 0 bridgehead atoms. The molecule has 0 amide bonds. The summed E-state index contributed by atoms with van der Waals surface area (Å²) in [7, 11) is 1.98. The molecule has 0 aliphatic rings. The molecule has 76 valence electrons. The lowest BCUT2D eigenvalue weighted by Crippen LogP contribution is -2.10. The fourth-order valence-corrected chi connectivity index (χ4v) is 1.68. The molecule has 0 aliphatic carbocycles. The number of halogens is 1. The Labute approximate surface area is 95.0 Å². The van der Waals surface area contributed by atoms with Gasteiger partial charge in [0.2, 0.25) is 0 Å². The van der Waals surface area contributed by atoms with Crippen molar-refractivity contribution in [2.24, 2.45) is 0 Å². The van der Waals surface area contributed by atoms with Crippen LogP contribution in [0.15, 0.2) is 22.7 Å². The number of terminal acetylenes is 1. The second kappa shape index (κ2) is 7.61. The normalized spacial score (nSPS) is 8.93. The largest absolute Gasteiger partial charge is 0.319 e. The first-order valence-electron chi connectivity index (χ1n) is 4.47. The SMILES string of the molecule is C#C.CNCCc1ccc(Br)cc1C. The maximum atomic E-state index is 4.00. The van der Waals surface area contributed by atoms with Crippen LogP contribution in [-0.4, -0.2) is 13.6 Å². The van der Waals surface area contributed by atoms with Crippen LogP contribution in [0.5, 0.6) is 0 Å². The first kappa shape index (κ1) is 13.2. The molecule has 0 heterocycles. The minimum atomic E-state index is 1.04. The lowest BCUT2D eigenvalue weighted by atomic mass is 10.1. The van der Waals surface area contributed by atoms with Crippen molar-refractivity contribution in [3.63, 3.8) is 0 Å². The second-order valence-corrected chi connectivity index (χ2v) is 3.84. The smallest absolute Gasteiger partial charge is 0.0178 e. The standard InChI is InChI=1S/C10H14BrN.C2H2/c1-8-7-10(11)4-3-9(8)5-6-12-2;1-2/h3-4,7,12H,5-6H2,1-2H3;1-2H. The minimum absolute atomic E-state index is 1.04. The first-order valence-corrected chi connectivity index (χ1v) is 5.26. The molecule has 0 radical (unpaired) electrons. The van der Waals surface area contributed by atoms with Crippen LogP contribution in [-0.2, 0) is 6.42 Å². The number of hydrogen-bond donors (Lipinski definition) is 1. The molecule has 0 saturated carbocycles. The Balaban J connectivity index is 0.000000791. The van der Waals surface area contributed by atoms with E-state index in [1.807, 2.05) is 7.05 Å². The lowest BCUT2D eigenvalue weighted by molar-refractivity contribution is 0.788. The van der Waals surface area contributed by atoms with E-state index in [9.17, 15) is 0 Å². The van der Waals surface area contributed by atoms with Crippen LogP contribution in [0.1, 0.15) is 11.1 Å². The van der Waals surface area contributed by atoms with Gasteiger partial charge >= 0.3 is 0 Å². The third-order valence-corrected chi connectivity index (χ3v) is 2.44. The summed E-state index contributed by atoms with van der Waals surface area (Å²) in [5.74, 6) is 0. The highest BCUT2D eigenvalue weighted by Crippen LogP contribution is 2.15. The van der Waals surface area contributed by atoms with Crippen molar-refractivity contribution < 1.29 is 0 Å². The Morgan fingerprint density at radius 1 is 1.36 bits per heavy atom. The molecule has 1 N–H and O–H groups in total. The Bertz CT molecular complexity index is 292. The van der Waals surface area contributed by atoms with Gasteiger partial charge in [-0.1, -0.05) is 22.0 Å². The molecule has 1 aromatic rings. The third-order valence-electron chi connectivity index (χ3n) is 1.95. The lowest BCUT2D eigenvalue weighted by Gasteiger charge is -2.05. The Morgan fingerprint density at radius 2 is 2.00 bits per heavy atom. The van der Waals surface area contributed by atoms with Gasteiger partial charge in [-0.05, 0) is 50.2 Å². The summed E-state index contributed by atoms with van der Waals surface area (Å²) in [6, 6.07) is 6.43. The molecule has 0 atom stereocenters. The van der Waals surface area contributed by atoms with Gasteiger partial charge in [-0.2, -0.15) is 0 Å². The van der Waals surface area contributed by atoms with Gasteiger partial charge in [0.25, 0.3) is 0 Å². The molecular weight excluding hydrogens is 238 g/mol. The van der Waals surface area contributed by atoms with Crippen LogP contribution in [0.3, 0.4) is 0 Å². The average Bonchev–Trinajstić information content (AvgIpc) is 2.20. The fraction of sp³-hybridized carbons (Fsp3) is 0.333. The van der Waals surface area contributed by atoms with Crippen molar-refractivity contribution in [1.29, 1.82) is 0 Å². The summed E-state index contributed by atoms with van der Waals surface area (Å²) in [4.78, 5) is 0. The molecule has 0 fully saturated rings. The van der Waals surface area contributed by atoms with Gasteiger partial charge in [-0.3, -0.25) is 0 Å². The van der Waals surface area contributed by atoms with Gasteiger partial charge in [0.1, 0.15) is 0 Å². The predicted octanol–water partition coefficient (Wildman–Crippen LogP) is 2.77. The number of aryl methyl sites for hydroxylation is 1. The number of hydrogen-bond acceptors (Lipinski definition) is 1. The molecule has 0 aromatic heterocycles. The number of benzene rings is 1. The third kappa shape index (κ3) is 4.45. The fourth-order valence-electron chi connectivity index (χ4n) is 1.20. The van der Waals surface area contributed by atoms with E-state index in [1.165, 1.54) is 11.1 Å². The summed E-state index contributed by atoms with van der Waals surface area (Å²) in [6.07, 6.45) is 9.11. The van der Waals surface area contributed by atoms with Crippen LogP contribution >= 0.6 is 15.9 Å². The summed E-state index contributed by atoms with van der Waals surface area (Å²) >= 11 is 3.45. The summed E-state index contributed by atoms with van der Waals surface area (Å²) < 4.78 is 1.16. The molecular formula is C12H16BrN. The van der Waals surface area contributed by atoms with Crippen LogP contribution in [0, 0.1) is 19.8 Å². The minimum Gasteiger partial charge on any atom is -0.319 e. The van der Waals surface area contributed by atoms with Crippen LogP contribution in [0.25, 0.3) is 0 Å². The number of nitrogens with one attached hydrogen (secondary N) is 1. The van der Waals surface area contributed by atoms with E-state index in [0.29, 0.717) is 0 Å². The highest BCUT2D eigenvalue weighted by molar-refractivity contribution is 9.10. The van der Waals surface area contributed by atoms with Gasteiger partial charge in [0.15, 0.2) is 0 Å². The molecule has 0 spiro atoms. The van der Waals surface area contributed by atoms with E-state index >= 15 is 0 Å². The van der Waals surface area contributed by atoms with E-state index in [4.69, 9.17) is 0 Å². The molecule has 1 aromatic carbocycles. The Kier molecular flexibility index (Phi) is 7.18. The van der Waals surface area contributed by atoms with E-state index in [-0.39, 0.29) is 0 Å². The quantitative estimate of drug-likeness (QED) is 0.818. The van der Waals surface area contributed by atoms with Crippen molar-refractivity contribution in [2.45, 2.75) is 13.3 Å². The maximum absolute atomic E-state index is 4.00. The molecule has 0 unspecified atom stereocenters.